The maximum absolute atomic E-state index is 13.0. The Labute approximate surface area is 168 Å². The maximum atomic E-state index is 13.0. The van der Waals surface area contributed by atoms with Crippen LogP contribution in [0, 0.1) is 0 Å². The molecule has 0 bridgehead atoms. The van der Waals surface area contributed by atoms with Gasteiger partial charge in [0.25, 0.3) is 0 Å². The van der Waals surface area contributed by atoms with E-state index in [1.165, 1.54) is 35.6 Å². The number of methoxy groups -OCH3 is 1. The number of halogens is 2. The van der Waals surface area contributed by atoms with Crippen LogP contribution in [0.25, 0.3) is 17.3 Å². The molecule has 0 saturated heterocycles. The first-order valence-electron chi connectivity index (χ1n) is 8.41. The highest BCUT2D eigenvalue weighted by Crippen LogP contribution is 2.41. The summed E-state index contributed by atoms with van der Waals surface area (Å²) in [6.45, 7) is 0. The van der Waals surface area contributed by atoms with Gasteiger partial charge >= 0.3 is 6.29 Å². The van der Waals surface area contributed by atoms with Crippen molar-refractivity contribution in [1.82, 2.24) is 4.98 Å². The minimum atomic E-state index is -3.67. The number of carbonyl (C=O) groups excluding carboxylic acids is 1. The van der Waals surface area contributed by atoms with Gasteiger partial charge in [-0.15, -0.1) is 20.1 Å². The molecule has 0 aliphatic carbocycles. The van der Waals surface area contributed by atoms with Crippen molar-refractivity contribution in [3.8, 4) is 28.5 Å². The molecule has 1 N–H and O–H groups in total. The average Bonchev–Trinajstić information content (AvgIpc) is 3.28. The first kappa shape index (κ1) is 18.9. The quantitative estimate of drug-likeness (QED) is 0.606. The minimum Gasteiger partial charge on any atom is -0.497 e. The fraction of sp³-hybridized carbons (Fsp3) is 0.100. The zero-order chi connectivity index (χ0) is 20.4. The van der Waals surface area contributed by atoms with Gasteiger partial charge in [0.1, 0.15) is 5.75 Å². The number of hydrogen-bond acceptors (Lipinski definition) is 6. The summed E-state index contributed by atoms with van der Waals surface area (Å²) in [5.41, 5.74) is 2.14. The molecule has 1 amide bonds. The van der Waals surface area contributed by atoms with Crippen LogP contribution in [0.3, 0.4) is 0 Å². The van der Waals surface area contributed by atoms with Gasteiger partial charge in [0.05, 0.1) is 12.8 Å². The van der Waals surface area contributed by atoms with Crippen LogP contribution in [0.5, 0.6) is 17.2 Å². The number of fused-ring (bicyclic) bond motifs is 1. The molecule has 6 nitrogen and oxygen atoms in total. The second-order valence-corrected chi connectivity index (χ2v) is 6.82. The number of amides is 1. The molecule has 4 rings (SSSR count). The zero-order valence-corrected chi connectivity index (χ0v) is 15.8. The lowest BCUT2D eigenvalue weighted by molar-refractivity contribution is -0.286. The van der Waals surface area contributed by atoms with Crippen LogP contribution in [-0.2, 0) is 4.79 Å². The third-order valence-corrected chi connectivity index (χ3v) is 4.73. The highest BCUT2D eigenvalue weighted by atomic mass is 32.1. The Morgan fingerprint density at radius 3 is 2.69 bits per heavy atom. The smallest absolute Gasteiger partial charge is 0.497 e. The molecule has 1 aromatic heterocycles. The number of hydrogen-bond donors (Lipinski definition) is 1. The summed E-state index contributed by atoms with van der Waals surface area (Å²) in [5, 5.41) is 4.94. The molecule has 9 heteroatoms. The molecule has 0 saturated carbocycles. The van der Waals surface area contributed by atoms with Crippen molar-refractivity contribution in [3.63, 3.8) is 0 Å². The van der Waals surface area contributed by atoms with E-state index >= 15 is 0 Å². The number of thiazole rings is 1. The van der Waals surface area contributed by atoms with Crippen molar-refractivity contribution < 1.29 is 27.8 Å². The minimum absolute atomic E-state index is 0.0505. The number of nitrogens with one attached hydrogen (secondary N) is 1. The number of carbonyl (C=O) groups is 1. The molecule has 1 aliphatic rings. The Balaban J connectivity index is 1.40. The zero-order valence-electron chi connectivity index (χ0n) is 15.0. The average molecular weight is 416 g/mol. The van der Waals surface area contributed by atoms with Crippen molar-refractivity contribution in [3.05, 3.63) is 59.5 Å². The van der Waals surface area contributed by atoms with Crippen LogP contribution in [0.15, 0.2) is 53.9 Å². The Kier molecular flexibility index (Phi) is 4.89. The molecule has 1 aliphatic heterocycles. The van der Waals surface area contributed by atoms with Gasteiger partial charge in [0, 0.05) is 17.0 Å². The summed E-state index contributed by atoms with van der Waals surface area (Å²) in [6.07, 6.45) is -0.911. The summed E-state index contributed by atoms with van der Waals surface area (Å²) < 4.78 is 39.9. The largest absolute Gasteiger partial charge is 0.586 e. The van der Waals surface area contributed by atoms with Crippen molar-refractivity contribution in [2.24, 2.45) is 0 Å². The number of aromatic nitrogens is 1. The summed E-state index contributed by atoms with van der Waals surface area (Å²) in [7, 11) is 1.60. The molecule has 0 unspecified atom stereocenters. The Bertz CT molecular complexity index is 1080. The third-order valence-electron chi connectivity index (χ3n) is 3.97. The number of alkyl halides is 2. The Morgan fingerprint density at radius 1 is 1.17 bits per heavy atom. The predicted octanol–water partition coefficient (Wildman–Crippen LogP) is 4.79. The van der Waals surface area contributed by atoms with Crippen LogP contribution in [0.2, 0.25) is 0 Å². The van der Waals surface area contributed by atoms with Gasteiger partial charge in [0.15, 0.2) is 16.6 Å². The number of benzene rings is 2. The molecule has 29 heavy (non-hydrogen) atoms. The lowest BCUT2D eigenvalue weighted by Crippen LogP contribution is -2.25. The molecule has 2 heterocycles. The first-order valence-corrected chi connectivity index (χ1v) is 9.29. The Hall–Kier alpha value is -3.46. The summed E-state index contributed by atoms with van der Waals surface area (Å²) >= 11 is 1.29. The van der Waals surface area contributed by atoms with Gasteiger partial charge < -0.3 is 14.2 Å². The van der Waals surface area contributed by atoms with Crippen LogP contribution < -0.4 is 19.5 Å². The summed E-state index contributed by atoms with van der Waals surface area (Å²) in [6, 6.07) is 11.7. The lowest BCUT2D eigenvalue weighted by atomic mass is 10.2. The molecular formula is C20H14F2N2O4S. The topological polar surface area (TPSA) is 69.7 Å². The third kappa shape index (κ3) is 4.35. The van der Waals surface area contributed by atoms with E-state index in [1.54, 1.807) is 13.2 Å². The predicted molar refractivity (Wildman–Crippen MR) is 104 cm³/mol. The van der Waals surface area contributed by atoms with E-state index in [1.807, 2.05) is 29.6 Å². The van der Waals surface area contributed by atoms with E-state index in [-0.39, 0.29) is 11.5 Å². The molecule has 0 radical (unpaired) electrons. The highest BCUT2D eigenvalue weighted by Gasteiger charge is 2.43. The summed E-state index contributed by atoms with van der Waals surface area (Å²) in [5.74, 6) is 0.213. The van der Waals surface area contributed by atoms with Crippen LogP contribution in [-0.4, -0.2) is 24.3 Å². The van der Waals surface area contributed by atoms with Gasteiger partial charge in [-0.3, -0.25) is 10.1 Å². The molecule has 3 aromatic rings. The number of anilines is 1. The second-order valence-electron chi connectivity index (χ2n) is 5.96. The monoisotopic (exact) mass is 416 g/mol. The van der Waals surface area contributed by atoms with Crippen LogP contribution >= 0.6 is 11.3 Å². The molecular weight excluding hydrogens is 402 g/mol. The van der Waals surface area contributed by atoms with E-state index < -0.39 is 12.2 Å². The van der Waals surface area contributed by atoms with Crippen molar-refractivity contribution in [1.29, 1.82) is 0 Å². The Morgan fingerprint density at radius 2 is 1.93 bits per heavy atom. The fourth-order valence-corrected chi connectivity index (χ4v) is 3.34. The van der Waals surface area contributed by atoms with Gasteiger partial charge in [-0.25, -0.2) is 4.98 Å². The van der Waals surface area contributed by atoms with Gasteiger partial charge in [0.2, 0.25) is 5.91 Å². The lowest BCUT2D eigenvalue weighted by Gasteiger charge is -2.04. The van der Waals surface area contributed by atoms with E-state index in [0.717, 1.165) is 17.0 Å². The SMILES string of the molecule is COc1ccc(-c2csc(NC(=O)C=Cc3ccc4c(c3)OC(F)(F)O4)n2)cc1. The summed E-state index contributed by atoms with van der Waals surface area (Å²) in [4.78, 5) is 16.5. The fourth-order valence-electron chi connectivity index (χ4n) is 2.61. The standard InChI is InChI=1S/C20H14F2N2O4S/c1-26-14-6-4-13(5-7-14)15-11-29-19(23-15)24-18(25)9-3-12-2-8-16-17(10-12)28-20(21,22)27-16/h2-11H,1H3,(H,23,24,25). The van der Waals surface area contributed by atoms with Gasteiger partial charge in [-0.1, -0.05) is 6.07 Å². The van der Waals surface area contributed by atoms with Crippen LogP contribution in [0.1, 0.15) is 5.56 Å². The normalized spacial score (nSPS) is 14.2. The molecule has 2 aromatic carbocycles. The van der Waals surface area contributed by atoms with Crippen molar-refractivity contribution in [2.45, 2.75) is 6.29 Å². The number of rotatable bonds is 5. The van der Waals surface area contributed by atoms with Crippen LogP contribution in [0.4, 0.5) is 13.9 Å². The molecule has 0 fully saturated rings. The molecule has 0 atom stereocenters. The van der Waals surface area contributed by atoms with Crippen molar-refractivity contribution in [2.75, 3.05) is 12.4 Å². The number of ether oxygens (including phenoxy) is 3. The van der Waals surface area contributed by atoms with E-state index in [2.05, 4.69) is 19.8 Å². The molecule has 0 spiro atoms. The van der Waals surface area contributed by atoms with E-state index in [4.69, 9.17) is 4.74 Å². The highest BCUT2D eigenvalue weighted by molar-refractivity contribution is 7.14. The number of nitrogens with zero attached hydrogens (tertiary/aromatic N) is 1. The van der Waals surface area contributed by atoms with E-state index in [9.17, 15) is 13.6 Å². The first-order chi connectivity index (χ1) is 13.9. The second kappa shape index (κ2) is 7.51. The van der Waals surface area contributed by atoms with Gasteiger partial charge in [-0.2, -0.15) is 0 Å². The van der Waals surface area contributed by atoms with E-state index in [0.29, 0.717) is 10.7 Å². The molecule has 148 valence electrons. The van der Waals surface area contributed by atoms with Crippen molar-refractivity contribution >= 4 is 28.5 Å². The van der Waals surface area contributed by atoms with Gasteiger partial charge in [-0.05, 0) is 48.0 Å². The maximum Gasteiger partial charge on any atom is 0.586 e.